The highest BCUT2D eigenvalue weighted by Gasteiger charge is 0.0113. The molecule has 0 aliphatic heterocycles. The minimum Gasteiger partial charge on any atom is -0.153 e. The second-order valence-electron chi connectivity index (χ2n) is 0. The quantitative estimate of drug-likeness (QED) is 0.307. The molecule has 0 saturated carbocycles. The van der Waals surface area contributed by atoms with Gasteiger partial charge in [0.15, 0.2) is 0 Å². The molecule has 4 unspecified atom stereocenters. The maximum Gasteiger partial charge on any atom is 0 e. The molecule has 0 saturated heterocycles. The molecular formula is H12B12P4. The molecule has 4 atom stereocenters. The lowest BCUT2D eigenvalue weighted by molar-refractivity contribution is 5.75. The minimum absolute atomic E-state index is 0. The van der Waals surface area contributed by atoms with Crippen LogP contribution in [0.4, 0.5) is 0 Å². The summed E-state index contributed by atoms with van der Waals surface area (Å²) in [7, 11) is 0. The van der Waals surface area contributed by atoms with E-state index < -0.39 is 0 Å². The molecule has 16 heavy (non-hydrogen) atoms. The fourth-order valence-corrected chi connectivity index (χ4v) is 0. The van der Waals surface area contributed by atoms with Gasteiger partial charge in [-0.2, -0.15) is 39.6 Å². The Labute approximate surface area is 140 Å². The first-order chi connectivity index (χ1) is 0. The van der Waals surface area contributed by atoms with E-state index in [9.17, 15) is 0 Å². The maximum atomic E-state index is 0. The Bertz CT molecular complexity index is 13.0. The molecule has 0 aromatic carbocycles. The lowest BCUT2D eigenvalue weighted by Gasteiger charge is -0.154. The van der Waals surface area contributed by atoms with Crippen LogP contribution in [0.15, 0.2) is 0 Å². The van der Waals surface area contributed by atoms with Crippen LogP contribution in [0.1, 0.15) is 0 Å². The van der Waals surface area contributed by atoms with Crippen LogP contribution < -0.4 is 0 Å². The van der Waals surface area contributed by atoms with Crippen LogP contribution >= 0.6 is 39.6 Å². The third-order valence-corrected chi connectivity index (χ3v) is 0. The molecule has 0 bridgehead atoms. The fraction of sp³-hybridized carbons (Fsp3) is 0. The van der Waals surface area contributed by atoms with Crippen molar-refractivity contribution in [2.45, 2.75) is 0 Å². The van der Waals surface area contributed by atoms with Gasteiger partial charge in [0.2, 0.25) is 0 Å². The molecule has 0 fully saturated rings. The summed E-state index contributed by atoms with van der Waals surface area (Å²) in [6.07, 6.45) is 0. The molecule has 0 heterocycles. The molecule has 0 aliphatic rings. The van der Waals surface area contributed by atoms with Gasteiger partial charge in [-0.05, 0) is 0 Å². The molecule has 0 aromatic rings. The zero-order valence-corrected chi connectivity index (χ0v) is 15.4. The van der Waals surface area contributed by atoms with E-state index in [1.54, 1.807) is 0 Å². The fourth-order valence-electron chi connectivity index (χ4n) is 0. The van der Waals surface area contributed by atoms with Crippen molar-refractivity contribution in [2.24, 2.45) is 0 Å². The Morgan fingerprint density at radius 1 is 0.125 bits per heavy atom. The summed E-state index contributed by atoms with van der Waals surface area (Å²) < 4.78 is 0. The Morgan fingerprint density at radius 2 is 0.125 bits per heavy atom. The first-order valence-corrected chi connectivity index (χ1v) is 0. The normalized spacial score (nSPS) is 0. The van der Waals surface area contributed by atoms with Gasteiger partial charge < -0.3 is 0 Å². The van der Waals surface area contributed by atoms with Crippen LogP contribution in [0.2, 0.25) is 0 Å². The van der Waals surface area contributed by atoms with Crippen molar-refractivity contribution in [3.05, 3.63) is 0 Å². The second-order valence-corrected chi connectivity index (χ2v) is 0. The van der Waals surface area contributed by atoms with E-state index in [2.05, 4.69) is 0 Å². The average molecular weight is 266 g/mol. The second kappa shape index (κ2) is 763. The van der Waals surface area contributed by atoms with E-state index >= 15 is 0 Å². The highest BCUT2D eigenvalue weighted by Crippen LogP contribution is 0.864. The van der Waals surface area contributed by atoms with Gasteiger partial charge in [0.05, 0.1) is 0 Å². The van der Waals surface area contributed by atoms with Crippen molar-refractivity contribution in [1.29, 1.82) is 0 Å². The maximum absolute atomic E-state index is 0. The van der Waals surface area contributed by atoms with Crippen molar-refractivity contribution < 1.29 is 0 Å². The minimum atomic E-state index is 0. The predicted molar refractivity (Wildman–Crippen MR) is 113 cm³/mol. The molecule has 0 rings (SSSR count). The zero-order valence-electron chi connectivity index (χ0n) is 9.76. The van der Waals surface area contributed by atoms with Gasteiger partial charge in [0, 0.05) is 101 Å². The molecule has 0 aromatic heterocycles. The van der Waals surface area contributed by atoms with Gasteiger partial charge in [-0.3, -0.25) is 0 Å². The SMILES string of the molecule is P.P.P.P.[B].[B].[B].[B].[B].[B].[B].[B].[B].[B].[B].[B]. The Hall–Kier alpha value is 2.50. The van der Waals surface area contributed by atoms with Crippen LogP contribution in [0.25, 0.3) is 0 Å². The van der Waals surface area contributed by atoms with Gasteiger partial charge in [-0.1, -0.05) is 0 Å². The lowest BCUT2D eigenvalue weighted by Crippen LogP contribution is -0.382. The monoisotopic (exact) mass is 268 g/mol. The van der Waals surface area contributed by atoms with Gasteiger partial charge in [0.1, 0.15) is 0 Å². The molecule has 0 nitrogen and oxygen atoms in total. The molecule has 0 spiro atoms. The summed E-state index contributed by atoms with van der Waals surface area (Å²) in [4.78, 5) is 0. The summed E-state index contributed by atoms with van der Waals surface area (Å²) in [6, 6.07) is 0. The van der Waals surface area contributed by atoms with E-state index in [0.29, 0.717) is 0 Å². The Kier molecular flexibility index (Phi) is 43200. The standard InChI is InChI=1S/12B.4H3P/h;;;;;;;;;;;;4*1H3. The largest absolute Gasteiger partial charge is 0.153 e. The number of hydrogen-bond acceptors (Lipinski definition) is 0. The van der Waals surface area contributed by atoms with E-state index in [0.717, 1.165) is 0 Å². The molecule has 0 amide bonds. The van der Waals surface area contributed by atoms with Crippen molar-refractivity contribution in [1.82, 2.24) is 0 Å². The van der Waals surface area contributed by atoms with Crippen LogP contribution in [-0.2, 0) is 0 Å². The molecule has 16 heteroatoms. The van der Waals surface area contributed by atoms with Crippen molar-refractivity contribution >= 4 is 141 Å². The zero-order chi connectivity index (χ0) is 0. The molecule has 0 N–H and O–H groups in total. The van der Waals surface area contributed by atoms with Gasteiger partial charge in [-0.15, -0.1) is 0 Å². The van der Waals surface area contributed by atoms with Crippen molar-refractivity contribution in [2.75, 3.05) is 0 Å². The van der Waals surface area contributed by atoms with Gasteiger partial charge >= 0.3 is 0 Å². The summed E-state index contributed by atoms with van der Waals surface area (Å²) in [5.41, 5.74) is 0. The van der Waals surface area contributed by atoms with E-state index in [1.807, 2.05) is 0 Å². The highest BCUT2D eigenvalue weighted by molar-refractivity contribution is 6.92. The first kappa shape index (κ1) is 907. The molecular weight excluding hydrogens is 254 g/mol. The van der Waals surface area contributed by atoms with Crippen LogP contribution in [0.5, 0.6) is 0 Å². The Balaban J connectivity index is 0. The number of hydrogen-bond donors (Lipinski definition) is 0. The third kappa shape index (κ3) is 635. The Morgan fingerprint density at radius 3 is 0.125 bits per heavy atom. The summed E-state index contributed by atoms with van der Waals surface area (Å²) >= 11 is 0. The number of rotatable bonds is 0. The predicted octanol–water partition coefficient (Wildman–Crippen LogP) is -4.34. The average Bonchev–Trinajstić information content (AvgIpc) is 0. The van der Waals surface area contributed by atoms with Crippen LogP contribution in [0.3, 0.4) is 0 Å². The third-order valence-electron chi connectivity index (χ3n) is 0. The van der Waals surface area contributed by atoms with E-state index in [1.165, 1.54) is 0 Å². The van der Waals surface area contributed by atoms with Crippen molar-refractivity contribution in [3.8, 4) is 0 Å². The first-order valence-electron chi connectivity index (χ1n) is 0. The van der Waals surface area contributed by atoms with E-state index in [-0.39, 0.29) is 141 Å². The van der Waals surface area contributed by atoms with E-state index in [4.69, 9.17) is 0 Å². The molecule has 68 valence electrons. The summed E-state index contributed by atoms with van der Waals surface area (Å²) in [5.74, 6) is 0. The van der Waals surface area contributed by atoms with Crippen molar-refractivity contribution in [3.63, 3.8) is 0 Å². The summed E-state index contributed by atoms with van der Waals surface area (Å²) in [5, 5.41) is 0. The van der Waals surface area contributed by atoms with Gasteiger partial charge in [0.25, 0.3) is 0 Å². The van der Waals surface area contributed by atoms with Gasteiger partial charge in [-0.25, -0.2) is 0 Å². The smallest absolute Gasteiger partial charge is 0 e. The molecule has 36 radical (unpaired) electrons. The topological polar surface area (TPSA) is 0 Å². The van der Waals surface area contributed by atoms with Crippen LogP contribution in [0, 0.1) is 0 Å². The summed E-state index contributed by atoms with van der Waals surface area (Å²) in [6.45, 7) is 0. The lowest BCUT2D eigenvalue weighted by atomic mass is 10.8. The highest BCUT2D eigenvalue weighted by atomic mass is 31.0. The molecule has 0 aliphatic carbocycles. The van der Waals surface area contributed by atoms with Crippen LogP contribution in [-0.4, -0.2) is 101 Å².